The van der Waals surface area contributed by atoms with E-state index in [1.807, 2.05) is 13.8 Å². The van der Waals surface area contributed by atoms with Gasteiger partial charge in [0, 0.05) is 12.6 Å². The fraction of sp³-hybridized carbons (Fsp3) is 1.00. The predicted molar refractivity (Wildman–Crippen MR) is 56.0 cm³/mol. The monoisotopic (exact) mass is 221 g/mol. The Morgan fingerprint density at radius 3 is 2.29 bits per heavy atom. The molecule has 1 fully saturated rings. The summed E-state index contributed by atoms with van der Waals surface area (Å²) in [6.45, 7) is 4.49. The summed E-state index contributed by atoms with van der Waals surface area (Å²) >= 11 is 0. The predicted octanol–water partition coefficient (Wildman–Crippen LogP) is -0.0759. The van der Waals surface area contributed by atoms with Gasteiger partial charge in [0.05, 0.1) is 17.1 Å². The van der Waals surface area contributed by atoms with Gasteiger partial charge in [-0.25, -0.2) is 8.42 Å². The smallest absolute Gasteiger partial charge is 0.150 e. The third-order valence-corrected chi connectivity index (χ3v) is 4.25. The molecule has 1 aliphatic heterocycles. The SMILES string of the molecule is CC(C)NCC1(O)CCS(=O)(=O)CC1. The molecule has 0 amide bonds. The van der Waals surface area contributed by atoms with Crippen LogP contribution in [-0.4, -0.2) is 43.2 Å². The summed E-state index contributed by atoms with van der Waals surface area (Å²) in [5.74, 6) is 0.229. The van der Waals surface area contributed by atoms with Crippen LogP contribution < -0.4 is 5.32 Å². The Morgan fingerprint density at radius 1 is 1.36 bits per heavy atom. The van der Waals surface area contributed by atoms with Crippen LogP contribution in [0.2, 0.25) is 0 Å². The molecule has 0 spiro atoms. The second-order valence-electron chi connectivity index (χ2n) is 4.41. The summed E-state index contributed by atoms with van der Waals surface area (Å²) in [4.78, 5) is 0. The third-order valence-electron chi connectivity index (χ3n) is 2.60. The standard InChI is InChI=1S/C9H19NO3S/c1-8(2)10-7-9(11)3-5-14(12,13)6-4-9/h8,10-11H,3-7H2,1-2H3. The topological polar surface area (TPSA) is 66.4 Å². The van der Waals surface area contributed by atoms with Crippen LogP contribution in [0, 0.1) is 0 Å². The largest absolute Gasteiger partial charge is 0.388 e. The summed E-state index contributed by atoms with van der Waals surface area (Å²) in [7, 11) is -2.88. The summed E-state index contributed by atoms with van der Waals surface area (Å²) in [5.41, 5.74) is -0.824. The van der Waals surface area contributed by atoms with Crippen LogP contribution in [0.25, 0.3) is 0 Å². The van der Waals surface area contributed by atoms with Crippen LogP contribution >= 0.6 is 0 Å². The first kappa shape index (κ1) is 11.9. The maximum Gasteiger partial charge on any atom is 0.150 e. The quantitative estimate of drug-likeness (QED) is 0.700. The second kappa shape index (κ2) is 4.16. The molecule has 1 rings (SSSR count). The lowest BCUT2D eigenvalue weighted by Crippen LogP contribution is -2.48. The van der Waals surface area contributed by atoms with E-state index < -0.39 is 15.4 Å². The number of hydrogen-bond acceptors (Lipinski definition) is 4. The maximum absolute atomic E-state index is 11.1. The number of sulfone groups is 1. The minimum Gasteiger partial charge on any atom is -0.388 e. The van der Waals surface area contributed by atoms with Crippen LogP contribution in [0.15, 0.2) is 0 Å². The molecule has 84 valence electrons. The third kappa shape index (κ3) is 3.55. The summed E-state index contributed by atoms with van der Waals surface area (Å²) in [5, 5.41) is 13.2. The fourth-order valence-electron chi connectivity index (χ4n) is 1.49. The molecule has 0 radical (unpaired) electrons. The van der Waals surface area contributed by atoms with Crippen molar-refractivity contribution < 1.29 is 13.5 Å². The molecule has 0 atom stereocenters. The lowest BCUT2D eigenvalue weighted by Gasteiger charge is -2.32. The van der Waals surface area contributed by atoms with E-state index in [0.29, 0.717) is 25.4 Å². The second-order valence-corrected chi connectivity index (χ2v) is 6.72. The van der Waals surface area contributed by atoms with Crippen molar-refractivity contribution in [3.63, 3.8) is 0 Å². The molecule has 5 heteroatoms. The van der Waals surface area contributed by atoms with E-state index in [1.54, 1.807) is 0 Å². The van der Waals surface area contributed by atoms with Gasteiger partial charge in [0.1, 0.15) is 0 Å². The highest BCUT2D eigenvalue weighted by atomic mass is 32.2. The molecule has 0 unspecified atom stereocenters. The van der Waals surface area contributed by atoms with Gasteiger partial charge in [-0.3, -0.25) is 0 Å². The zero-order chi connectivity index (χ0) is 10.8. The zero-order valence-corrected chi connectivity index (χ0v) is 9.60. The molecule has 0 bridgehead atoms. The minimum atomic E-state index is -2.88. The molecule has 14 heavy (non-hydrogen) atoms. The first-order chi connectivity index (χ1) is 6.33. The van der Waals surface area contributed by atoms with Crippen LogP contribution in [0.3, 0.4) is 0 Å². The molecule has 0 aromatic carbocycles. The Labute approximate surface area is 85.6 Å². The summed E-state index contributed by atoms with van der Waals surface area (Å²) in [6, 6.07) is 0.317. The van der Waals surface area contributed by atoms with Crippen molar-refractivity contribution >= 4 is 9.84 Å². The van der Waals surface area contributed by atoms with Crippen molar-refractivity contribution in [3.8, 4) is 0 Å². The van der Waals surface area contributed by atoms with Crippen LogP contribution in [-0.2, 0) is 9.84 Å². The van der Waals surface area contributed by atoms with E-state index in [0.717, 1.165) is 0 Å². The Kier molecular flexibility index (Phi) is 3.55. The van der Waals surface area contributed by atoms with Crippen LogP contribution in [0.4, 0.5) is 0 Å². The molecule has 2 N–H and O–H groups in total. The van der Waals surface area contributed by atoms with Gasteiger partial charge >= 0.3 is 0 Å². The van der Waals surface area contributed by atoms with Gasteiger partial charge in [0.15, 0.2) is 9.84 Å². The van der Waals surface area contributed by atoms with Crippen molar-refractivity contribution in [1.82, 2.24) is 5.32 Å². The first-order valence-electron chi connectivity index (χ1n) is 4.99. The highest BCUT2D eigenvalue weighted by Gasteiger charge is 2.34. The molecule has 0 aromatic heterocycles. The van der Waals surface area contributed by atoms with E-state index >= 15 is 0 Å². The van der Waals surface area contributed by atoms with Crippen molar-refractivity contribution in [2.24, 2.45) is 0 Å². The van der Waals surface area contributed by atoms with Gasteiger partial charge in [0.2, 0.25) is 0 Å². The molecule has 4 nitrogen and oxygen atoms in total. The first-order valence-corrected chi connectivity index (χ1v) is 6.81. The molecule has 1 saturated heterocycles. The highest BCUT2D eigenvalue weighted by Crippen LogP contribution is 2.22. The number of hydrogen-bond donors (Lipinski definition) is 2. The Balaban J connectivity index is 2.45. The summed E-state index contributed by atoms with van der Waals surface area (Å²) < 4.78 is 22.3. The van der Waals surface area contributed by atoms with Gasteiger partial charge in [-0.2, -0.15) is 0 Å². The Hall–Kier alpha value is -0.130. The Bertz CT molecular complexity index is 270. The van der Waals surface area contributed by atoms with Crippen molar-refractivity contribution in [2.75, 3.05) is 18.1 Å². The Morgan fingerprint density at radius 2 is 1.86 bits per heavy atom. The molecule has 0 aliphatic carbocycles. The average molecular weight is 221 g/mol. The molecular weight excluding hydrogens is 202 g/mol. The van der Waals surface area contributed by atoms with Gasteiger partial charge < -0.3 is 10.4 Å². The number of nitrogens with one attached hydrogen (secondary N) is 1. The van der Waals surface area contributed by atoms with Gasteiger partial charge in [0.25, 0.3) is 0 Å². The minimum absolute atomic E-state index is 0.114. The van der Waals surface area contributed by atoms with Gasteiger partial charge in [-0.1, -0.05) is 13.8 Å². The maximum atomic E-state index is 11.1. The highest BCUT2D eigenvalue weighted by molar-refractivity contribution is 7.91. The number of rotatable bonds is 3. The number of aliphatic hydroxyl groups is 1. The normalized spacial score (nSPS) is 25.1. The van der Waals surface area contributed by atoms with Crippen molar-refractivity contribution in [1.29, 1.82) is 0 Å². The van der Waals surface area contributed by atoms with E-state index in [9.17, 15) is 13.5 Å². The zero-order valence-electron chi connectivity index (χ0n) is 8.78. The van der Waals surface area contributed by atoms with Crippen LogP contribution in [0.5, 0.6) is 0 Å². The molecule has 1 heterocycles. The van der Waals surface area contributed by atoms with Crippen molar-refractivity contribution in [2.45, 2.75) is 38.3 Å². The molecular formula is C9H19NO3S. The summed E-state index contributed by atoms with van der Waals surface area (Å²) in [6.07, 6.45) is 0.712. The van der Waals surface area contributed by atoms with Gasteiger partial charge in [-0.05, 0) is 12.8 Å². The van der Waals surface area contributed by atoms with E-state index in [2.05, 4.69) is 5.32 Å². The van der Waals surface area contributed by atoms with E-state index in [1.165, 1.54) is 0 Å². The van der Waals surface area contributed by atoms with E-state index in [-0.39, 0.29) is 11.5 Å². The molecule has 0 saturated carbocycles. The molecule has 0 aromatic rings. The fourth-order valence-corrected chi connectivity index (χ4v) is 3.07. The lowest BCUT2D eigenvalue weighted by atomic mass is 9.96. The van der Waals surface area contributed by atoms with Gasteiger partial charge in [-0.15, -0.1) is 0 Å². The lowest BCUT2D eigenvalue weighted by molar-refractivity contribution is 0.0289. The van der Waals surface area contributed by atoms with Crippen LogP contribution in [0.1, 0.15) is 26.7 Å². The average Bonchev–Trinajstić information content (AvgIpc) is 2.08. The molecule has 1 aliphatic rings. The van der Waals surface area contributed by atoms with Crippen molar-refractivity contribution in [3.05, 3.63) is 0 Å². The van der Waals surface area contributed by atoms with E-state index in [4.69, 9.17) is 0 Å².